The molecule has 0 heterocycles. The number of methoxy groups -OCH3 is 1. The van der Waals surface area contributed by atoms with E-state index in [2.05, 4.69) is 0 Å². The number of hydrogen-bond donors (Lipinski definition) is 0. The normalized spacial score (nSPS) is 12.6. The number of allylic oxidation sites excluding steroid dienone is 1. The molecule has 0 bridgehead atoms. The van der Waals surface area contributed by atoms with Crippen LogP contribution in [0.3, 0.4) is 0 Å². The minimum absolute atomic E-state index is 0.0113. The molecule has 5 heteroatoms. The maximum Gasteiger partial charge on any atom is 0.303 e. The molecule has 0 saturated carbocycles. The lowest BCUT2D eigenvalue weighted by molar-refractivity contribution is -0.121. The molecular formula is C13H23IO4. The standard InChI is InChI=1S/C11H17IO4.C2H6/c1-5-7(2)6-9(14)10(8(3)13)11(15-4)16-12;1-2/h7H,5-6H2,1-4H3;1-2H3/b11-10+;. The molecule has 0 aromatic carbocycles. The van der Waals surface area contributed by atoms with E-state index in [1.165, 1.54) is 14.0 Å². The Morgan fingerprint density at radius 2 is 1.78 bits per heavy atom. The average molecular weight is 370 g/mol. The Kier molecular flexibility index (Phi) is 12.6. The van der Waals surface area contributed by atoms with Crippen molar-refractivity contribution in [2.75, 3.05) is 7.11 Å². The summed E-state index contributed by atoms with van der Waals surface area (Å²) < 4.78 is 9.71. The van der Waals surface area contributed by atoms with E-state index in [4.69, 9.17) is 7.80 Å². The smallest absolute Gasteiger partial charge is 0.303 e. The third-order valence-corrected chi connectivity index (χ3v) is 2.72. The van der Waals surface area contributed by atoms with Crippen LogP contribution in [0, 0.1) is 5.92 Å². The minimum atomic E-state index is -0.332. The van der Waals surface area contributed by atoms with Crippen LogP contribution in [0.1, 0.15) is 47.5 Å². The van der Waals surface area contributed by atoms with Crippen LogP contribution < -0.4 is 0 Å². The molecule has 0 aromatic heterocycles. The molecule has 0 aliphatic carbocycles. The molecule has 18 heavy (non-hydrogen) atoms. The van der Waals surface area contributed by atoms with Crippen LogP contribution in [0.5, 0.6) is 0 Å². The van der Waals surface area contributed by atoms with Gasteiger partial charge in [-0.25, -0.2) is 0 Å². The highest BCUT2D eigenvalue weighted by atomic mass is 127. The first-order valence-corrected chi connectivity index (χ1v) is 6.96. The van der Waals surface area contributed by atoms with Crippen molar-refractivity contribution in [1.29, 1.82) is 0 Å². The van der Waals surface area contributed by atoms with E-state index in [-0.39, 0.29) is 29.0 Å². The molecule has 4 nitrogen and oxygen atoms in total. The summed E-state index contributed by atoms with van der Waals surface area (Å²) in [6.07, 6.45) is 1.22. The van der Waals surface area contributed by atoms with Gasteiger partial charge >= 0.3 is 5.95 Å². The molecular weight excluding hydrogens is 347 g/mol. The maximum absolute atomic E-state index is 11.9. The zero-order valence-electron chi connectivity index (χ0n) is 12.0. The van der Waals surface area contributed by atoms with Gasteiger partial charge in [0.05, 0.1) is 7.11 Å². The molecule has 0 saturated heterocycles. The molecule has 0 aliphatic rings. The van der Waals surface area contributed by atoms with Crippen molar-refractivity contribution < 1.29 is 17.4 Å². The summed E-state index contributed by atoms with van der Waals surface area (Å²) in [6.45, 7) is 9.30. The van der Waals surface area contributed by atoms with Crippen LogP contribution in [0.4, 0.5) is 0 Å². The molecule has 106 valence electrons. The molecule has 0 radical (unpaired) electrons. The molecule has 0 aliphatic heterocycles. The van der Waals surface area contributed by atoms with E-state index in [9.17, 15) is 9.59 Å². The molecule has 0 N–H and O–H groups in total. The summed E-state index contributed by atoms with van der Waals surface area (Å²) in [5, 5.41) is 0. The SMILES string of the molecule is CC.CCC(C)CC(=O)/C(C(C)=O)=C(\OC)OI. The molecule has 0 fully saturated rings. The van der Waals surface area contributed by atoms with Crippen molar-refractivity contribution in [3.8, 4) is 0 Å². The predicted molar refractivity (Wildman–Crippen MR) is 80.2 cm³/mol. The van der Waals surface area contributed by atoms with Gasteiger partial charge in [-0.15, -0.1) is 0 Å². The summed E-state index contributed by atoms with van der Waals surface area (Å²) in [6, 6.07) is 0. The van der Waals surface area contributed by atoms with Crippen molar-refractivity contribution in [2.24, 2.45) is 5.92 Å². The van der Waals surface area contributed by atoms with Gasteiger partial charge in [0, 0.05) is 6.42 Å². The van der Waals surface area contributed by atoms with E-state index in [1.54, 1.807) is 23.0 Å². The van der Waals surface area contributed by atoms with Crippen LogP contribution >= 0.6 is 23.0 Å². The van der Waals surface area contributed by atoms with Gasteiger partial charge in [-0.05, 0) is 12.8 Å². The van der Waals surface area contributed by atoms with Crippen molar-refractivity contribution in [3.05, 3.63) is 11.5 Å². The number of hydrogen-bond acceptors (Lipinski definition) is 4. The van der Waals surface area contributed by atoms with Crippen LogP contribution in [0.15, 0.2) is 11.5 Å². The largest absolute Gasteiger partial charge is 0.468 e. The van der Waals surface area contributed by atoms with Crippen molar-refractivity contribution >= 4 is 34.6 Å². The number of Topliss-reactive ketones (excluding diaryl/α,β-unsaturated/α-hetero) is 2. The zero-order valence-corrected chi connectivity index (χ0v) is 14.2. The lowest BCUT2D eigenvalue weighted by Crippen LogP contribution is -2.16. The Morgan fingerprint density at radius 3 is 2.06 bits per heavy atom. The lowest BCUT2D eigenvalue weighted by Gasteiger charge is -2.10. The Balaban J connectivity index is 0. The van der Waals surface area contributed by atoms with Crippen LogP contribution in [-0.2, 0) is 17.4 Å². The van der Waals surface area contributed by atoms with E-state index in [1.807, 2.05) is 27.7 Å². The monoisotopic (exact) mass is 370 g/mol. The summed E-state index contributed by atoms with van der Waals surface area (Å²) in [5.41, 5.74) is 0.0113. The fourth-order valence-corrected chi connectivity index (χ4v) is 1.59. The Bertz CT molecular complexity index is 291. The third-order valence-electron chi connectivity index (χ3n) is 2.32. The second kappa shape index (κ2) is 11.5. The van der Waals surface area contributed by atoms with E-state index in [0.717, 1.165) is 6.42 Å². The van der Waals surface area contributed by atoms with Crippen molar-refractivity contribution in [1.82, 2.24) is 0 Å². The van der Waals surface area contributed by atoms with Gasteiger partial charge in [-0.3, -0.25) is 9.59 Å². The summed E-state index contributed by atoms with van der Waals surface area (Å²) in [4.78, 5) is 23.2. The quantitative estimate of drug-likeness (QED) is 0.225. The number of ketones is 2. The number of carbonyl (C=O) groups is 2. The average Bonchev–Trinajstić information content (AvgIpc) is 2.37. The van der Waals surface area contributed by atoms with E-state index < -0.39 is 0 Å². The van der Waals surface area contributed by atoms with Crippen molar-refractivity contribution in [3.63, 3.8) is 0 Å². The van der Waals surface area contributed by atoms with Gasteiger partial charge in [0.25, 0.3) is 0 Å². The molecule has 0 aromatic rings. The van der Waals surface area contributed by atoms with Gasteiger partial charge in [0.2, 0.25) is 0 Å². The zero-order chi connectivity index (χ0) is 14.7. The highest BCUT2D eigenvalue weighted by Crippen LogP contribution is 2.18. The second-order valence-electron chi connectivity index (χ2n) is 3.64. The molecule has 1 atom stereocenters. The third kappa shape index (κ3) is 6.98. The molecule has 0 spiro atoms. The highest BCUT2D eigenvalue weighted by molar-refractivity contribution is 14.1. The van der Waals surface area contributed by atoms with Crippen LogP contribution in [0.25, 0.3) is 0 Å². The summed E-state index contributed by atoms with van der Waals surface area (Å²) >= 11 is 1.59. The van der Waals surface area contributed by atoms with Crippen LogP contribution in [0.2, 0.25) is 0 Å². The fraction of sp³-hybridized carbons (Fsp3) is 0.692. The fourth-order valence-electron chi connectivity index (χ4n) is 1.19. The highest BCUT2D eigenvalue weighted by Gasteiger charge is 2.23. The first-order chi connectivity index (χ1) is 8.47. The van der Waals surface area contributed by atoms with Gasteiger partial charge in [-0.1, -0.05) is 34.1 Å². The molecule has 0 amide bonds. The van der Waals surface area contributed by atoms with Gasteiger partial charge in [0.1, 0.15) is 5.57 Å². The number of ether oxygens (including phenoxy) is 1. The Hall–Kier alpha value is -0.590. The van der Waals surface area contributed by atoms with Crippen LogP contribution in [-0.4, -0.2) is 18.7 Å². The number of rotatable bonds is 7. The van der Waals surface area contributed by atoms with Gasteiger partial charge in [-0.2, -0.15) is 0 Å². The first-order valence-electron chi connectivity index (χ1n) is 6.08. The second-order valence-corrected chi connectivity index (χ2v) is 4.08. The lowest BCUT2D eigenvalue weighted by atomic mass is 9.96. The van der Waals surface area contributed by atoms with Gasteiger partial charge in [0.15, 0.2) is 34.6 Å². The Labute approximate surface area is 124 Å². The van der Waals surface area contributed by atoms with E-state index >= 15 is 0 Å². The minimum Gasteiger partial charge on any atom is -0.468 e. The van der Waals surface area contributed by atoms with Crippen molar-refractivity contribution in [2.45, 2.75) is 47.5 Å². The Morgan fingerprint density at radius 1 is 1.28 bits per heavy atom. The topological polar surface area (TPSA) is 52.6 Å². The van der Waals surface area contributed by atoms with E-state index in [0.29, 0.717) is 6.42 Å². The summed E-state index contributed by atoms with van der Waals surface area (Å²) in [7, 11) is 1.37. The maximum atomic E-state index is 11.9. The first kappa shape index (κ1) is 19.7. The predicted octanol–water partition coefficient (Wildman–Crippen LogP) is 3.83. The van der Waals surface area contributed by atoms with Gasteiger partial charge < -0.3 is 7.80 Å². The molecule has 0 rings (SSSR count). The molecule has 1 unspecified atom stereocenters. The number of carbonyl (C=O) groups excluding carboxylic acids is 2. The summed E-state index contributed by atoms with van der Waals surface area (Å²) in [5.74, 6) is -0.326. The number of halogens is 1.